The van der Waals surface area contributed by atoms with Gasteiger partial charge in [-0.1, -0.05) is 62.7 Å². The van der Waals surface area contributed by atoms with E-state index in [1.54, 1.807) is 28.0 Å². The zero-order chi connectivity index (χ0) is 23.4. The van der Waals surface area contributed by atoms with Gasteiger partial charge in [-0.15, -0.1) is 5.10 Å². The van der Waals surface area contributed by atoms with E-state index in [9.17, 15) is 4.79 Å². The van der Waals surface area contributed by atoms with Crippen LogP contribution in [-0.4, -0.2) is 30.5 Å². The maximum atomic E-state index is 12.5. The van der Waals surface area contributed by atoms with E-state index < -0.39 is 0 Å². The lowest BCUT2D eigenvalue weighted by molar-refractivity contribution is 0.101. The van der Waals surface area contributed by atoms with Crippen molar-refractivity contribution in [1.29, 1.82) is 0 Å². The van der Waals surface area contributed by atoms with Gasteiger partial charge in [0.2, 0.25) is 5.95 Å². The number of amides is 1. The Morgan fingerprint density at radius 1 is 0.970 bits per heavy atom. The van der Waals surface area contributed by atoms with Crippen molar-refractivity contribution in [2.24, 2.45) is 0 Å². The van der Waals surface area contributed by atoms with Gasteiger partial charge in [0.25, 0.3) is 5.91 Å². The van der Waals surface area contributed by atoms with E-state index in [1.165, 1.54) is 11.1 Å². The second kappa shape index (κ2) is 9.28. The Morgan fingerprint density at radius 2 is 1.70 bits per heavy atom. The highest BCUT2D eigenvalue weighted by atomic mass is 16.5. The number of aromatic nitrogens is 5. The van der Waals surface area contributed by atoms with Crippen molar-refractivity contribution in [2.75, 3.05) is 5.32 Å². The zero-order valence-corrected chi connectivity index (χ0v) is 19.3. The molecule has 8 heteroatoms. The van der Waals surface area contributed by atoms with Gasteiger partial charge < -0.3 is 4.74 Å². The summed E-state index contributed by atoms with van der Waals surface area (Å²) in [5.74, 6) is 0.598. The quantitative estimate of drug-likeness (QED) is 0.456. The third-order valence-corrected chi connectivity index (χ3v) is 5.18. The number of nitrogens with one attached hydrogen (secondary N) is 1. The maximum Gasteiger partial charge on any atom is 0.278 e. The fourth-order valence-electron chi connectivity index (χ4n) is 3.22. The summed E-state index contributed by atoms with van der Waals surface area (Å²) in [6.45, 7) is 9.33. The first kappa shape index (κ1) is 22.3. The van der Waals surface area contributed by atoms with Gasteiger partial charge in [0.1, 0.15) is 12.1 Å². The molecule has 0 saturated carbocycles. The summed E-state index contributed by atoms with van der Waals surface area (Å²) in [7, 11) is 0. The number of hydrogen-bond acceptors (Lipinski definition) is 5. The van der Waals surface area contributed by atoms with Crippen molar-refractivity contribution >= 4 is 11.9 Å². The normalized spacial score (nSPS) is 11.4. The van der Waals surface area contributed by atoms with Crippen molar-refractivity contribution in [3.63, 3.8) is 0 Å². The predicted octanol–water partition coefficient (Wildman–Crippen LogP) is 4.42. The highest BCUT2D eigenvalue weighted by molar-refractivity contribution is 6.01. The molecule has 8 nitrogen and oxygen atoms in total. The molecule has 2 aromatic carbocycles. The molecule has 0 spiro atoms. The van der Waals surface area contributed by atoms with Crippen LogP contribution in [0.25, 0.3) is 0 Å². The summed E-state index contributed by atoms with van der Waals surface area (Å²) < 4.78 is 9.02. The number of rotatable bonds is 7. The minimum Gasteiger partial charge on any atom is -0.471 e. The minimum absolute atomic E-state index is 0.0914. The summed E-state index contributed by atoms with van der Waals surface area (Å²) in [5.41, 5.74) is 3.90. The molecule has 2 aromatic heterocycles. The number of hydrogen-bond donors (Lipinski definition) is 1. The van der Waals surface area contributed by atoms with Gasteiger partial charge in [-0.2, -0.15) is 5.10 Å². The van der Waals surface area contributed by atoms with Gasteiger partial charge in [0.05, 0.1) is 6.54 Å². The number of anilines is 1. The molecule has 170 valence electrons. The van der Waals surface area contributed by atoms with Crippen LogP contribution in [0.4, 0.5) is 5.95 Å². The molecule has 0 fully saturated rings. The van der Waals surface area contributed by atoms with E-state index in [2.05, 4.69) is 65.5 Å². The van der Waals surface area contributed by atoms with Crippen LogP contribution < -0.4 is 10.1 Å². The van der Waals surface area contributed by atoms with Crippen LogP contribution in [0.15, 0.2) is 67.1 Å². The Morgan fingerprint density at radius 3 is 2.39 bits per heavy atom. The molecule has 1 N–H and O–H groups in total. The molecule has 2 heterocycles. The smallest absolute Gasteiger partial charge is 0.278 e. The molecule has 4 aromatic rings. The first-order chi connectivity index (χ1) is 15.8. The first-order valence-electron chi connectivity index (χ1n) is 10.8. The summed E-state index contributed by atoms with van der Waals surface area (Å²) in [5, 5.41) is 11.3. The summed E-state index contributed by atoms with van der Waals surface area (Å²) in [6.07, 6.45) is 3.29. The van der Waals surface area contributed by atoms with Gasteiger partial charge >= 0.3 is 0 Å². The Hall–Kier alpha value is -3.94. The van der Waals surface area contributed by atoms with Crippen LogP contribution in [0.3, 0.4) is 0 Å². The van der Waals surface area contributed by atoms with Crippen LogP contribution >= 0.6 is 0 Å². The molecule has 0 atom stereocenters. The van der Waals surface area contributed by atoms with Crippen molar-refractivity contribution in [3.8, 4) is 5.75 Å². The van der Waals surface area contributed by atoms with Crippen molar-refractivity contribution in [1.82, 2.24) is 24.5 Å². The van der Waals surface area contributed by atoms with Crippen LogP contribution in [0.5, 0.6) is 5.75 Å². The summed E-state index contributed by atoms with van der Waals surface area (Å²) >= 11 is 0. The zero-order valence-electron chi connectivity index (χ0n) is 19.3. The SMILES string of the molecule is Cc1ccc(Cn2cnc(NC(=O)c3ccn(COc4ccc(C(C)(C)C)cc4)n3)n2)cc1. The molecule has 0 aliphatic carbocycles. The molecule has 0 radical (unpaired) electrons. The first-order valence-corrected chi connectivity index (χ1v) is 10.8. The Kier molecular flexibility index (Phi) is 6.26. The van der Waals surface area contributed by atoms with Crippen LogP contribution in [0, 0.1) is 6.92 Å². The molecule has 0 unspecified atom stereocenters. The lowest BCUT2D eigenvalue weighted by Gasteiger charge is -2.19. The average Bonchev–Trinajstić information content (AvgIpc) is 3.43. The van der Waals surface area contributed by atoms with Gasteiger partial charge in [-0.25, -0.2) is 14.3 Å². The maximum absolute atomic E-state index is 12.5. The second-order valence-electron chi connectivity index (χ2n) is 8.99. The van der Waals surface area contributed by atoms with Crippen LogP contribution in [0.1, 0.15) is 48.0 Å². The molecule has 1 amide bonds. The number of aryl methyl sites for hydroxylation is 1. The van der Waals surface area contributed by atoms with Crippen LogP contribution in [-0.2, 0) is 18.7 Å². The summed E-state index contributed by atoms with van der Waals surface area (Å²) in [4.78, 5) is 16.7. The number of nitrogens with zero attached hydrogens (tertiary/aromatic N) is 5. The highest BCUT2D eigenvalue weighted by Crippen LogP contribution is 2.24. The van der Waals surface area contributed by atoms with E-state index in [0.29, 0.717) is 6.54 Å². The monoisotopic (exact) mass is 444 g/mol. The second-order valence-corrected chi connectivity index (χ2v) is 8.99. The number of ether oxygens (including phenoxy) is 1. The Bertz CT molecular complexity index is 1220. The van der Waals surface area contributed by atoms with Crippen molar-refractivity contribution in [3.05, 3.63) is 89.5 Å². The molecule has 0 saturated heterocycles. The third kappa shape index (κ3) is 5.85. The molecule has 0 aliphatic heterocycles. The molecular formula is C25H28N6O2. The lowest BCUT2D eigenvalue weighted by Crippen LogP contribution is -2.15. The Balaban J connectivity index is 1.31. The number of carbonyl (C=O) groups is 1. The number of benzene rings is 2. The highest BCUT2D eigenvalue weighted by Gasteiger charge is 2.14. The van der Waals surface area contributed by atoms with Gasteiger partial charge in [0, 0.05) is 6.20 Å². The van der Waals surface area contributed by atoms with Crippen molar-refractivity contribution < 1.29 is 9.53 Å². The molecular weight excluding hydrogens is 416 g/mol. The molecule has 33 heavy (non-hydrogen) atoms. The minimum atomic E-state index is -0.378. The predicted molar refractivity (Wildman–Crippen MR) is 126 cm³/mol. The fourth-order valence-corrected chi connectivity index (χ4v) is 3.22. The topological polar surface area (TPSA) is 86.9 Å². The van der Waals surface area contributed by atoms with E-state index in [1.807, 2.05) is 31.2 Å². The lowest BCUT2D eigenvalue weighted by atomic mass is 9.87. The number of carbonyl (C=O) groups excluding carboxylic acids is 1. The third-order valence-electron chi connectivity index (χ3n) is 5.18. The van der Waals surface area contributed by atoms with E-state index in [4.69, 9.17) is 4.74 Å². The van der Waals surface area contributed by atoms with E-state index in [0.717, 1.165) is 11.3 Å². The van der Waals surface area contributed by atoms with Gasteiger partial charge in [-0.3, -0.25) is 10.1 Å². The van der Waals surface area contributed by atoms with Crippen molar-refractivity contribution in [2.45, 2.75) is 46.4 Å². The molecule has 4 rings (SSSR count). The summed E-state index contributed by atoms with van der Waals surface area (Å²) in [6, 6.07) is 17.8. The standard InChI is InChI=1S/C25H28N6O2/c1-18-5-7-19(8-6-18)15-31-16-26-24(29-31)27-23(32)22-13-14-30(28-22)17-33-21-11-9-20(10-12-21)25(2,3)4/h5-14,16H,15,17H2,1-4H3,(H,27,29,32). The van der Waals surface area contributed by atoms with E-state index >= 15 is 0 Å². The molecule has 0 aliphatic rings. The Labute approximate surface area is 193 Å². The van der Waals surface area contributed by atoms with E-state index in [-0.39, 0.29) is 29.7 Å². The van der Waals surface area contributed by atoms with Crippen LogP contribution in [0.2, 0.25) is 0 Å². The van der Waals surface area contributed by atoms with Gasteiger partial charge in [-0.05, 0) is 41.7 Å². The largest absolute Gasteiger partial charge is 0.471 e. The van der Waals surface area contributed by atoms with Gasteiger partial charge in [0.15, 0.2) is 12.4 Å². The fraction of sp³-hybridized carbons (Fsp3) is 0.280. The molecule has 0 bridgehead atoms. The average molecular weight is 445 g/mol.